The predicted molar refractivity (Wildman–Crippen MR) is 192 cm³/mol. The van der Waals surface area contributed by atoms with E-state index < -0.39 is 46.8 Å². The standard InChI is InChI=1S/C18H28N2O4.C10H18N2O4.C8H9.BrH.Mg/c1-12-9-10-13(2)14(11-12)20(16(22)24-18(6,7)8)19-15(21)23-17(3,4)5;1-9(2,3)15-7(13)11-12-8(14)16-10(4,5)6;1-7-3-5-8(2)6-4-7;;/h9-11H,1-8H3,(H,19,21);1-6H3;3-5H,1-2H3;1H;/q;;-1;;+2/p-1. The van der Waals surface area contributed by atoms with Gasteiger partial charge in [0.25, 0.3) is 0 Å². The zero-order valence-electron chi connectivity index (χ0n) is 32.7. The Bertz CT molecular complexity index is 1350. The van der Waals surface area contributed by atoms with Gasteiger partial charge in [-0.15, -0.1) is 0 Å². The first kappa shape index (κ1) is 51.1. The SMILES string of the molecule is CC(C)(C)OC(=O)N=NC(=O)OC(C)(C)C.Cc1[c-]cc(C)cc1.Cc1ccc(C)c(N(NC(=O)OC(C)(C)C)C(=O)OC(C)(C)C)c1.[Br-].[Mg+2]. The predicted octanol–water partition coefficient (Wildman–Crippen LogP) is 6.52. The maximum atomic E-state index is 12.6. The van der Waals surface area contributed by atoms with Gasteiger partial charge in [0.05, 0.1) is 5.69 Å². The van der Waals surface area contributed by atoms with Crippen molar-refractivity contribution in [3.63, 3.8) is 0 Å². The second-order valence-corrected chi connectivity index (χ2v) is 14.9. The molecule has 0 aliphatic carbocycles. The Morgan fingerprint density at radius 3 is 1.42 bits per heavy atom. The van der Waals surface area contributed by atoms with Crippen LogP contribution in [0.3, 0.4) is 0 Å². The Labute approximate surface area is 325 Å². The fourth-order valence-electron chi connectivity index (χ4n) is 3.09. The molecule has 0 aromatic heterocycles. The molecule has 0 aliphatic heterocycles. The minimum absolute atomic E-state index is 0. The Morgan fingerprint density at radius 1 is 0.640 bits per heavy atom. The van der Waals surface area contributed by atoms with Gasteiger partial charge in [0.15, 0.2) is 0 Å². The van der Waals surface area contributed by atoms with E-state index in [1.54, 1.807) is 89.2 Å². The van der Waals surface area contributed by atoms with Gasteiger partial charge >= 0.3 is 47.4 Å². The first-order valence-corrected chi connectivity index (χ1v) is 15.5. The average Bonchev–Trinajstić information content (AvgIpc) is 2.86. The molecule has 0 unspecified atom stereocenters. The third-order valence-corrected chi connectivity index (χ3v) is 4.91. The van der Waals surface area contributed by atoms with E-state index in [1.807, 2.05) is 39.0 Å². The first-order chi connectivity index (χ1) is 21.6. The van der Waals surface area contributed by atoms with E-state index in [0.717, 1.165) is 16.1 Å². The molecule has 0 radical (unpaired) electrons. The van der Waals surface area contributed by atoms with Gasteiger partial charge in [-0.3, -0.25) is 0 Å². The maximum absolute atomic E-state index is 12.6. The Balaban J connectivity index is -0.000000731. The number of hydrogen-bond donors (Lipinski definition) is 1. The molecule has 0 atom stereocenters. The Morgan fingerprint density at radius 2 is 1.06 bits per heavy atom. The molecule has 2 rings (SSSR count). The van der Waals surface area contributed by atoms with E-state index >= 15 is 0 Å². The van der Waals surface area contributed by atoms with Crippen LogP contribution in [0.15, 0.2) is 46.6 Å². The van der Waals surface area contributed by atoms with E-state index in [-0.39, 0.29) is 40.0 Å². The molecular weight excluding hydrogens is 721 g/mol. The molecule has 2 aromatic rings. The molecule has 0 spiro atoms. The van der Waals surface area contributed by atoms with E-state index in [0.29, 0.717) is 5.69 Å². The minimum Gasteiger partial charge on any atom is -1.00 e. The molecule has 276 valence electrons. The van der Waals surface area contributed by atoms with Crippen molar-refractivity contribution >= 4 is 53.1 Å². The molecule has 50 heavy (non-hydrogen) atoms. The van der Waals surface area contributed by atoms with Crippen LogP contribution < -0.4 is 27.4 Å². The number of nitrogens with zero attached hydrogens (tertiary/aromatic N) is 3. The van der Waals surface area contributed by atoms with Crippen molar-refractivity contribution < 1.29 is 55.1 Å². The summed E-state index contributed by atoms with van der Waals surface area (Å²) >= 11 is 0. The van der Waals surface area contributed by atoms with Gasteiger partial charge in [-0.25, -0.2) is 24.6 Å². The third-order valence-electron chi connectivity index (χ3n) is 4.91. The summed E-state index contributed by atoms with van der Waals surface area (Å²) < 4.78 is 20.3. The molecular formula is C36H55BrMgN4O8. The Kier molecular flexibility index (Phi) is 22.4. The quantitative estimate of drug-likeness (QED) is 0.113. The second-order valence-electron chi connectivity index (χ2n) is 14.9. The number of benzene rings is 2. The number of hydrogen-bond acceptors (Lipinski definition) is 8. The van der Waals surface area contributed by atoms with E-state index in [2.05, 4.69) is 40.8 Å². The molecule has 1 N–H and O–H groups in total. The van der Waals surface area contributed by atoms with Crippen LogP contribution in [0.25, 0.3) is 0 Å². The monoisotopic (exact) mass is 774 g/mol. The summed E-state index contributed by atoms with van der Waals surface area (Å²) in [6, 6.07) is 14.9. The van der Waals surface area contributed by atoms with Crippen LogP contribution in [-0.2, 0) is 18.9 Å². The smallest absolute Gasteiger partial charge is 1.00 e. The molecule has 0 saturated heterocycles. The Hall–Kier alpha value is -3.23. The van der Waals surface area contributed by atoms with E-state index in [4.69, 9.17) is 18.9 Å². The van der Waals surface area contributed by atoms with Crippen LogP contribution in [0.1, 0.15) is 105 Å². The molecule has 14 heteroatoms. The van der Waals surface area contributed by atoms with Gasteiger partial charge in [-0.2, -0.15) is 40.4 Å². The normalized spacial score (nSPS) is 11.1. The van der Waals surface area contributed by atoms with Crippen LogP contribution in [0.2, 0.25) is 0 Å². The van der Waals surface area contributed by atoms with Crippen LogP contribution in [0, 0.1) is 33.8 Å². The molecule has 2 aromatic carbocycles. The number of carbonyl (C=O) groups excluding carboxylic acids is 4. The van der Waals surface area contributed by atoms with Crippen molar-refractivity contribution in [3.05, 3.63) is 64.7 Å². The molecule has 4 amide bonds. The maximum Gasteiger partial charge on any atom is 2.00 e. The van der Waals surface area contributed by atoms with Gasteiger partial charge in [0, 0.05) is 0 Å². The van der Waals surface area contributed by atoms with Crippen LogP contribution >= 0.6 is 0 Å². The number of aryl methyl sites for hydroxylation is 4. The van der Waals surface area contributed by atoms with Crippen molar-refractivity contribution in [2.75, 3.05) is 5.01 Å². The average molecular weight is 776 g/mol. The molecule has 0 bridgehead atoms. The molecule has 0 heterocycles. The summed E-state index contributed by atoms with van der Waals surface area (Å²) in [6.45, 7) is 28.5. The fraction of sp³-hybridized carbons (Fsp3) is 0.556. The number of ether oxygens (including phenoxy) is 4. The van der Waals surface area contributed by atoms with Crippen molar-refractivity contribution in [2.45, 2.75) is 133 Å². The van der Waals surface area contributed by atoms with E-state index in [1.165, 1.54) is 11.1 Å². The summed E-state index contributed by atoms with van der Waals surface area (Å²) in [5.41, 5.74) is 4.58. The summed E-state index contributed by atoms with van der Waals surface area (Å²) in [5.74, 6) is 0. The minimum atomic E-state index is -0.918. The zero-order chi connectivity index (χ0) is 37.7. The van der Waals surface area contributed by atoms with E-state index in [9.17, 15) is 19.2 Å². The van der Waals surface area contributed by atoms with Gasteiger partial charge in [0.2, 0.25) is 0 Å². The van der Waals surface area contributed by atoms with Gasteiger partial charge in [-0.1, -0.05) is 36.2 Å². The van der Waals surface area contributed by atoms with Gasteiger partial charge < -0.3 is 35.9 Å². The summed E-state index contributed by atoms with van der Waals surface area (Å²) in [6.07, 6.45) is -3.24. The van der Waals surface area contributed by atoms with Crippen molar-refractivity contribution in [1.82, 2.24) is 5.43 Å². The summed E-state index contributed by atoms with van der Waals surface area (Å²) in [5, 5.41) is 7.25. The zero-order valence-corrected chi connectivity index (χ0v) is 35.7. The number of hydrazine groups is 1. The van der Waals surface area contributed by atoms with Crippen LogP contribution in [0.4, 0.5) is 24.9 Å². The number of amides is 4. The second kappa shape index (κ2) is 21.9. The number of rotatable bonds is 1. The summed E-state index contributed by atoms with van der Waals surface area (Å²) in [4.78, 5) is 46.8. The fourth-order valence-corrected chi connectivity index (χ4v) is 3.09. The molecule has 0 saturated carbocycles. The number of anilines is 1. The number of azo groups is 1. The van der Waals surface area contributed by atoms with Crippen molar-refractivity contribution in [2.24, 2.45) is 10.2 Å². The third kappa shape index (κ3) is 26.6. The first-order valence-electron chi connectivity index (χ1n) is 15.5. The van der Waals surface area contributed by atoms with Gasteiger partial charge in [-0.05, 0) is 114 Å². The topological polar surface area (TPSA) is 145 Å². The molecule has 0 aliphatic rings. The summed E-state index contributed by atoms with van der Waals surface area (Å²) in [7, 11) is 0. The van der Waals surface area contributed by atoms with Crippen LogP contribution in [0.5, 0.6) is 0 Å². The number of halogens is 1. The van der Waals surface area contributed by atoms with Gasteiger partial charge in [0.1, 0.15) is 22.4 Å². The van der Waals surface area contributed by atoms with Crippen LogP contribution in [-0.4, -0.2) is 69.8 Å². The number of carbonyl (C=O) groups is 4. The van der Waals surface area contributed by atoms with Crippen molar-refractivity contribution in [3.8, 4) is 0 Å². The molecule has 12 nitrogen and oxygen atoms in total. The largest absolute Gasteiger partial charge is 2.00 e. The van der Waals surface area contributed by atoms with Crippen molar-refractivity contribution in [1.29, 1.82) is 0 Å². The molecule has 0 fully saturated rings. The number of nitrogens with one attached hydrogen (secondary N) is 1.